The van der Waals surface area contributed by atoms with Crippen LogP contribution in [-0.4, -0.2) is 30.4 Å². The Morgan fingerprint density at radius 3 is 2.50 bits per heavy atom. The predicted octanol–water partition coefficient (Wildman–Crippen LogP) is 3.49. The van der Waals surface area contributed by atoms with Gasteiger partial charge in [0.05, 0.1) is 0 Å². The number of ether oxygens (including phenoxy) is 3. The summed E-state index contributed by atoms with van der Waals surface area (Å²) in [5.41, 5.74) is 0.799. The molecule has 1 aliphatic rings. The lowest BCUT2D eigenvalue weighted by molar-refractivity contribution is -0.157. The maximum absolute atomic E-state index is 12.6. The molecule has 1 unspecified atom stereocenters. The lowest BCUT2D eigenvalue weighted by Crippen LogP contribution is -2.47. The van der Waals surface area contributed by atoms with Gasteiger partial charge in [0.2, 0.25) is 6.79 Å². The number of rotatable bonds is 5. The number of hydrogen-bond donors (Lipinski definition) is 2. The number of benzene rings is 2. The molecule has 1 aliphatic heterocycles. The lowest BCUT2D eigenvalue weighted by Gasteiger charge is -2.24. The van der Waals surface area contributed by atoms with E-state index in [4.69, 9.17) is 14.2 Å². The van der Waals surface area contributed by atoms with Gasteiger partial charge in [0.1, 0.15) is 11.6 Å². The Bertz CT molecular complexity index is 846. The summed E-state index contributed by atoms with van der Waals surface area (Å²) in [4.78, 5) is 25.1. The summed E-state index contributed by atoms with van der Waals surface area (Å²) in [6.07, 6.45) is 0.324. The molecule has 7 heteroatoms. The summed E-state index contributed by atoms with van der Waals surface area (Å²) in [5.74, 6) is 0.699. The molecule has 2 N–H and O–H groups in total. The second kappa shape index (κ2) is 8.21. The molecule has 1 heterocycles. The molecule has 1 atom stereocenters. The standard InChI is InChI=1S/C21H24N2O5/c1-21(2,3)28-19(24)16(11-14-7-5-4-6-8-14)23-20(25)22-15-9-10-17-18(12-15)27-13-26-17/h4-10,12,16H,11,13H2,1-3H3,(H2,22,23,25). The smallest absolute Gasteiger partial charge is 0.329 e. The molecular weight excluding hydrogens is 360 g/mol. The van der Waals surface area contributed by atoms with E-state index >= 15 is 0 Å². The zero-order valence-electron chi connectivity index (χ0n) is 16.2. The molecule has 3 rings (SSSR count). The highest BCUT2D eigenvalue weighted by molar-refractivity contribution is 5.93. The molecule has 148 valence electrons. The number of carbonyl (C=O) groups is 2. The minimum absolute atomic E-state index is 0.156. The SMILES string of the molecule is CC(C)(C)OC(=O)C(Cc1ccccc1)NC(=O)Nc1ccc2c(c1)OCO2. The fraction of sp³-hybridized carbons (Fsp3) is 0.333. The summed E-state index contributed by atoms with van der Waals surface area (Å²) >= 11 is 0. The first-order valence-corrected chi connectivity index (χ1v) is 9.04. The van der Waals surface area contributed by atoms with Crippen molar-refractivity contribution in [3.8, 4) is 11.5 Å². The molecule has 0 saturated heterocycles. The number of nitrogens with one attached hydrogen (secondary N) is 2. The molecule has 7 nitrogen and oxygen atoms in total. The minimum Gasteiger partial charge on any atom is -0.458 e. The summed E-state index contributed by atoms with van der Waals surface area (Å²) in [6.45, 7) is 5.52. The maximum Gasteiger partial charge on any atom is 0.329 e. The number of anilines is 1. The van der Waals surface area contributed by atoms with E-state index in [1.54, 1.807) is 39.0 Å². The first kappa shape index (κ1) is 19.5. The van der Waals surface area contributed by atoms with Crippen LogP contribution in [0.4, 0.5) is 10.5 Å². The Labute approximate surface area is 164 Å². The van der Waals surface area contributed by atoms with Crippen LogP contribution in [0.15, 0.2) is 48.5 Å². The first-order chi connectivity index (χ1) is 13.3. The van der Waals surface area contributed by atoms with Gasteiger partial charge in [-0.25, -0.2) is 9.59 Å². The van der Waals surface area contributed by atoms with E-state index in [9.17, 15) is 9.59 Å². The summed E-state index contributed by atoms with van der Waals surface area (Å²) < 4.78 is 16.0. The van der Waals surface area contributed by atoms with E-state index < -0.39 is 23.6 Å². The zero-order chi connectivity index (χ0) is 20.1. The molecule has 0 fully saturated rings. The second-order valence-electron chi connectivity index (χ2n) is 7.44. The van der Waals surface area contributed by atoms with E-state index in [0.717, 1.165) is 5.56 Å². The Balaban J connectivity index is 1.68. The van der Waals surface area contributed by atoms with Crippen LogP contribution in [0.25, 0.3) is 0 Å². The highest BCUT2D eigenvalue weighted by Gasteiger charge is 2.27. The Kier molecular flexibility index (Phi) is 5.73. The van der Waals surface area contributed by atoms with Crippen molar-refractivity contribution in [2.24, 2.45) is 0 Å². The number of amides is 2. The molecule has 0 aliphatic carbocycles. The Morgan fingerprint density at radius 2 is 1.79 bits per heavy atom. The van der Waals surface area contributed by atoms with Gasteiger partial charge in [-0.1, -0.05) is 30.3 Å². The summed E-state index contributed by atoms with van der Waals surface area (Å²) in [7, 11) is 0. The number of urea groups is 1. The summed E-state index contributed by atoms with van der Waals surface area (Å²) in [5, 5.41) is 5.42. The molecule has 0 radical (unpaired) electrons. The van der Waals surface area contributed by atoms with Crippen molar-refractivity contribution in [2.75, 3.05) is 12.1 Å². The van der Waals surface area contributed by atoms with Gasteiger partial charge in [-0.15, -0.1) is 0 Å². The molecule has 2 aromatic carbocycles. The van der Waals surface area contributed by atoms with Gasteiger partial charge < -0.3 is 24.8 Å². The van der Waals surface area contributed by atoms with Crippen LogP contribution in [-0.2, 0) is 16.0 Å². The molecule has 2 amide bonds. The predicted molar refractivity (Wildman–Crippen MR) is 104 cm³/mol. The third-order valence-corrected chi connectivity index (χ3v) is 3.91. The van der Waals surface area contributed by atoms with Crippen LogP contribution in [0.1, 0.15) is 26.3 Å². The normalized spacial score (nSPS) is 13.5. The number of esters is 1. The monoisotopic (exact) mass is 384 g/mol. The van der Waals surface area contributed by atoms with Gasteiger partial charge in [-0.2, -0.15) is 0 Å². The van der Waals surface area contributed by atoms with Crippen molar-refractivity contribution >= 4 is 17.7 Å². The lowest BCUT2D eigenvalue weighted by atomic mass is 10.1. The highest BCUT2D eigenvalue weighted by Crippen LogP contribution is 2.34. The van der Waals surface area contributed by atoms with Crippen LogP contribution >= 0.6 is 0 Å². The quantitative estimate of drug-likeness (QED) is 0.771. The first-order valence-electron chi connectivity index (χ1n) is 9.04. The Hall–Kier alpha value is -3.22. The van der Waals surface area contributed by atoms with Crippen molar-refractivity contribution in [1.29, 1.82) is 0 Å². The minimum atomic E-state index is -0.823. The van der Waals surface area contributed by atoms with Crippen LogP contribution in [0, 0.1) is 0 Å². The largest absolute Gasteiger partial charge is 0.458 e. The summed E-state index contributed by atoms with van der Waals surface area (Å²) in [6, 6.07) is 13.2. The van der Waals surface area contributed by atoms with E-state index in [1.807, 2.05) is 30.3 Å². The molecule has 0 saturated carbocycles. The third-order valence-electron chi connectivity index (χ3n) is 3.91. The Morgan fingerprint density at radius 1 is 1.07 bits per heavy atom. The second-order valence-corrected chi connectivity index (χ2v) is 7.44. The van der Waals surface area contributed by atoms with E-state index in [1.165, 1.54) is 0 Å². The van der Waals surface area contributed by atoms with Gasteiger partial charge in [-0.05, 0) is 38.5 Å². The van der Waals surface area contributed by atoms with E-state index in [-0.39, 0.29) is 6.79 Å². The van der Waals surface area contributed by atoms with Crippen molar-refractivity contribution < 1.29 is 23.8 Å². The fourth-order valence-corrected chi connectivity index (χ4v) is 2.72. The van der Waals surface area contributed by atoms with Crippen molar-refractivity contribution in [3.05, 3.63) is 54.1 Å². The average Bonchev–Trinajstić information content (AvgIpc) is 3.08. The maximum atomic E-state index is 12.6. The zero-order valence-corrected chi connectivity index (χ0v) is 16.2. The molecule has 2 aromatic rings. The van der Waals surface area contributed by atoms with Gasteiger partial charge in [0.25, 0.3) is 0 Å². The van der Waals surface area contributed by atoms with Gasteiger partial charge in [0, 0.05) is 18.2 Å². The highest BCUT2D eigenvalue weighted by atomic mass is 16.7. The average molecular weight is 384 g/mol. The molecule has 0 spiro atoms. The number of fused-ring (bicyclic) bond motifs is 1. The van der Waals surface area contributed by atoms with Gasteiger partial charge in [0.15, 0.2) is 11.5 Å². The van der Waals surface area contributed by atoms with E-state index in [0.29, 0.717) is 23.6 Å². The number of carbonyl (C=O) groups excluding carboxylic acids is 2. The van der Waals surface area contributed by atoms with Gasteiger partial charge in [-0.3, -0.25) is 0 Å². The fourth-order valence-electron chi connectivity index (χ4n) is 2.72. The molecule has 0 aromatic heterocycles. The van der Waals surface area contributed by atoms with Crippen molar-refractivity contribution in [2.45, 2.75) is 38.8 Å². The molecular formula is C21H24N2O5. The van der Waals surface area contributed by atoms with Crippen LogP contribution in [0.5, 0.6) is 11.5 Å². The van der Waals surface area contributed by atoms with E-state index in [2.05, 4.69) is 10.6 Å². The topological polar surface area (TPSA) is 85.9 Å². The third kappa shape index (κ3) is 5.39. The van der Waals surface area contributed by atoms with Crippen LogP contribution in [0.2, 0.25) is 0 Å². The van der Waals surface area contributed by atoms with Crippen LogP contribution < -0.4 is 20.1 Å². The molecule has 28 heavy (non-hydrogen) atoms. The number of hydrogen-bond acceptors (Lipinski definition) is 5. The van der Waals surface area contributed by atoms with Gasteiger partial charge >= 0.3 is 12.0 Å². The van der Waals surface area contributed by atoms with Crippen LogP contribution in [0.3, 0.4) is 0 Å². The molecule has 0 bridgehead atoms. The van der Waals surface area contributed by atoms with Crippen molar-refractivity contribution in [3.63, 3.8) is 0 Å². The van der Waals surface area contributed by atoms with Crippen molar-refractivity contribution in [1.82, 2.24) is 5.32 Å².